The van der Waals surface area contributed by atoms with E-state index in [1.807, 2.05) is 24.3 Å². The molecule has 1 heterocycles. The molecule has 2 N–H and O–H groups in total. The molecule has 0 amide bonds. The molecule has 3 rings (SSSR count). The van der Waals surface area contributed by atoms with E-state index in [0.717, 1.165) is 11.3 Å². The van der Waals surface area contributed by atoms with Gasteiger partial charge in [-0.15, -0.1) is 0 Å². The number of hydrogen-bond donors (Lipinski definition) is 1. The molecule has 1 aromatic heterocycles. The molecule has 0 aliphatic heterocycles. The molecule has 0 saturated carbocycles. The maximum atomic E-state index is 13.8. The van der Waals surface area contributed by atoms with E-state index >= 15 is 0 Å². The molecule has 0 bridgehead atoms. The van der Waals surface area contributed by atoms with Crippen LogP contribution >= 0.6 is 0 Å². The number of rotatable bonds is 3. The van der Waals surface area contributed by atoms with E-state index in [1.54, 1.807) is 31.4 Å². The second kappa shape index (κ2) is 5.28. The van der Waals surface area contributed by atoms with Gasteiger partial charge in [0, 0.05) is 11.6 Å². The number of benzene rings is 2. The first-order valence-corrected chi connectivity index (χ1v) is 6.44. The van der Waals surface area contributed by atoms with Crippen LogP contribution in [0, 0.1) is 5.82 Å². The van der Waals surface area contributed by atoms with Crippen LogP contribution < -0.4 is 10.5 Å². The van der Waals surface area contributed by atoms with Crippen molar-refractivity contribution in [2.45, 2.75) is 0 Å². The van der Waals surface area contributed by atoms with Crippen LogP contribution in [0.4, 0.5) is 10.2 Å². The summed E-state index contributed by atoms with van der Waals surface area (Å²) in [7, 11) is 1.61. The lowest BCUT2D eigenvalue weighted by Crippen LogP contribution is -2.03. The van der Waals surface area contributed by atoms with Gasteiger partial charge in [0.05, 0.1) is 12.8 Å². The molecular weight excluding hydrogens is 269 g/mol. The topological polar surface area (TPSA) is 53.1 Å². The summed E-state index contributed by atoms with van der Waals surface area (Å²) in [5.41, 5.74) is 7.84. The highest BCUT2D eigenvalue weighted by molar-refractivity contribution is 5.64. The van der Waals surface area contributed by atoms with E-state index < -0.39 is 0 Å². The zero-order valence-corrected chi connectivity index (χ0v) is 11.5. The van der Waals surface area contributed by atoms with Crippen LogP contribution in [0.3, 0.4) is 0 Å². The number of nitrogens with zero attached hydrogens (tertiary/aromatic N) is 2. The predicted octanol–water partition coefficient (Wildman–Crippen LogP) is 3.27. The fourth-order valence-corrected chi connectivity index (χ4v) is 2.11. The van der Waals surface area contributed by atoms with Crippen molar-refractivity contribution in [3.05, 3.63) is 60.4 Å². The molecule has 0 radical (unpaired) electrons. The second-order valence-corrected chi connectivity index (χ2v) is 4.55. The zero-order chi connectivity index (χ0) is 14.8. The Morgan fingerprint density at radius 1 is 1.10 bits per heavy atom. The average molecular weight is 283 g/mol. The third-order valence-electron chi connectivity index (χ3n) is 3.20. The minimum atomic E-state index is -0.367. The average Bonchev–Trinajstić information content (AvgIpc) is 2.90. The second-order valence-electron chi connectivity index (χ2n) is 4.55. The number of nitrogens with two attached hydrogens (primary N) is 1. The molecule has 3 aromatic rings. The molecule has 0 atom stereocenters. The Labute approximate surface area is 121 Å². The van der Waals surface area contributed by atoms with Crippen LogP contribution in [0.25, 0.3) is 16.9 Å². The molecule has 5 heteroatoms. The first-order valence-electron chi connectivity index (χ1n) is 6.44. The Morgan fingerprint density at radius 2 is 1.81 bits per heavy atom. The van der Waals surface area contributed by atoms with Crippen LogP contribution in [0.2, 0.25) is 0 Å². The fraction of sp³-hybridized carbons (Fsp3) is 0.0625. The van der Waals surface area contributed by atoms with Crippen molar-refractivity contribution in [2.24, 2.45) is 0 Å². The van der Waals surface area contributed by atoms with E-state index in [4.69, 9.17) is 10.5 Å². The standard InChI is InChI=1S/C16H14FN3O/c1-21-12-8-6-11(7-9-12)14-10-16(18)20(19-14)15-5-3-2-4-13(15)17/h2-10H,18H2,1H3. The van der Waals surface area contributed by atoms with E-state index in [2.05, 4.69) is 5.10 Å². The summed E-state index contributed by atoms with van der Waals surface area (Å²) in [5, 5.41) is 4.38. The van der Waals surface area contributed by atoms with Crippen LogP contribution in [-0.4, -0.2) is 16.9 Å². The van der Waals surface area contributed by atoms with Gasteiger partial charge >= 0.3 is 0 Å². The third-order valence-corrected chi connectivity index (χ3v) is 3.20. The van der Waals surface area contributed by atoms with Gasteiger partial charge in [-0.1, -0.05) is 12.1 Å². The van der Waals surface area contributed by atoms with Crippen molar-refractivity contribution in [3.63, 3.8) is 0 Å². The van der Waals surface area contributed by atoms with Crippen molar-refractivity contribution >= 4 is 5.82 Å². The number of ether oxygens (including phenoxy) is 1. The molecule has 0 fully saturated rings. The first kappa shape index (κ1) is 13.2. The quantitative estimate of drug-likeness (QED) is 0.802. The van der Waals surface area contributed by atoms with Crippen molar-refractivity contribution < 1.29 is 9.13 Å². The molecule has 2 aromatic carbocycles. The summed E-state index contributed by atoms with van der Waals surface area (Å²) >= 11 is 0. The molecule has 0 saturated heterocycles. The minimum Gasteiger partial charge on any atom is -0.497 e. The Hall–Kier alpha value is -2.82. The number of anilines is 1. The molecule has 21 heavy (non-hydrogen) atoms. The molecule has 0 unspecified atom stereocenters. The fourth-order valence-electron chi connectivity index (χ4n) is 2.11. The van der Waals surface area contributed by atoms with Crippen LogP contribution in [-0.2, 0) is 0 Å². The molecule has 0 spiro atoms. The Kier molecular flexibility index (Phi) is 3.31. The Morgan fingerprint density at radius 3 is 2.48 bits per heavy atom. The van der Waals surface area contributed by atoms with Gasteiger partial charge < -0.3 is 10.5 Å². The lowest BCUT2D eigenvalue weighted by Gasteiger charge is -2.04. The number of methoxy groups -OCH3 is 1. The highest BCUT2D eigenvalue weighted by Crippen LogP contribution is 2.25. The summed E-state index contributed by atoms with van der Waals surface area (Å²) < 4.78 is 20.3. The lowest BCUT2D eigenvalue weighted by atomic mass is 10.1. The number of para-hydroxylation sites is 1. The summed E-state index contributed by atoms with van der Waals surface area (Å²) in [4.78, 5) is 0. The monoisotopic (exact) mass is 283 g/mol. The maximum Gasteiger partial charge on any atom is 0.148 e. The number of aromatic nitrogens is 2. The van der Waals surface area contributed by atoms with Gasteiger partial charge in [-0.25, -0.2) is 9.07 Å². The van der Waals surface area contributed by atoms with Gasteiger partial charge in [-0.3, -0.25) is 0 Å². The Balaban J connectivity index is 2.03. The first-order chi connectivity index (χ1) is 10.2. The number of nitrogen functional groups attached to an aromatic ring is 1. The maximum absolute atomic E-state index is 13.8. The normalized spacial score (nSPS) is 10.6. The predicted molar refractivity (Wildman–Crippen MR) is 79.9 cm³/mol. The van der Waals surface area contributed by atoms with Crippen LogP contribution in [0.5, 0.6) is 5.75 Å². The highest BCUT2D eigenvalue weighted by Gasteiger charge is 2.11. The summed E-state index contributed by atoms with van der Waals surface area (Å²) in [6.45, 7) is 0. The van der Waals surface area contributed by atoms with Gasteiger partial charge in [0.2, 0.25) is 0 Å². The SMILES string of the molecule is COc1ccc(-c2cc(N)n(-c3ccccc3F)n2)cc1. The van der Waals surface area contributed by atoms with E-state index in [9.17, 15) is 4.39 Å². The van der Waals surface area contributed by atoms with Gasteiger partial charge in [0.15, 0.2) is 0 Å². The molecule has 0 aliphatic rings. The number of halogens is 1. The molecule has 4 nitrogen and oxygen atoms in total. The largest absolute Gasteiger partial charge is 0.497 e. The van der Waals surface area contributed by atoms with E-state index in [-0.39, 0.29) is 5.82 Å². The minimum absolute atomic E-state index is 0.328. The highest BCUT2D eigenvalue weighted by atomic mass is 19.1. The van der Waals surface area contributed by atoms with Crippen LogP contribution in [0.1, 0.15) is 0 Å². The zero-order valence-electron chi connectivity index (χ0n) is 11.5. The summed E-state index contributed by atoms with van der Waals surface area (Å²) in [6, 6.07) is 15.5. The molecule has 0 aliphatic carbocycles. The van der Waals surface area contributed by atoms with Crippen molar-refractivity contribution in [2.75, 3.05) is 12.8 Å². The molecular formula is C16H14FN3O. The van der Waals surface area contributed by atoms with E-state index in [1.165, 1.54) is 10.7 Å². The van der Waals surface area contributed by atoms with E-state index in [0.29, 0.717) is 17.2 Å². The third kappa shape index (κ3) is 2.45. The Bertz CT molecular complexity index is 765. The smallest absolute Gasteiger partial charge is 0.148 e. The number of hydrogen-bond acceptors (Lipinski definition) is 3. The summed E-state index contributed by atoms with van der Waals surface area (Å²) in [5.74, 6) is 0.778. The van der Waals surface area contributed by atoms with Crippen molar-refractivity contribution in [3.8, 4) is 22.7 Å². The van der Waals surface area contributed by atoms with Gasteiger partial charge in [0.25, 0.3) is 0 Å². The van der Waals surface area contributed by atoms with Crippen molar-refractivity contribution in [1.82, 2.24) is 9.78 Å². The van der Waals surface area contributed by atoms with Gasteiger partial charge in [0.1, 0.15) is 23.1 Å². The summed E-state index contributed by atoms with van der Waals surface area (Å²) in [6.07, 6.45) is 0. The van der Waals surface area contributed by atoms with Gasteiger partial charge in [-0.05, 0) is 36.4 Å². The van der Waals surface area contributed by atoms with Crippen LogP contribution in [0.15, 0.2) is 54.6 Å². The lowest BCUT2D eigenvalue weighted by molar-refractivity contribution is 0.415. The molecule has 106 valence electrons. The van der Waals surface area contributed by atoms with Crippen molar-refractivity contribution in [1.29, 1.82) is 0 Å². The van der Waals surface area contributed by atoms with Gasteiger partial charge in [-0.2, -0.15) is 5.10 Å².